The van der Waals surface area contributed by atoms with Crippen molar-refractivity contribution >= 4 is 5.78 Å². The minimum Gasteiger partial charge on any atom is -0.379 e. The lowest BCUT2D eigenvalue weighted by molar-refractivity contribution is 0.0198. The normalized spacial score (nSPS) is 17.1. The zero-order chi connectivity index (χ0) is 15.4. The van der Waals surface area contributed by atoms with Crippen LogP contribution in [-0.2, 0) is 4.74 Å². The molecular weight excluding hydrogens is 274 g/mol. The Morgan fingerprint density at radius 3 is 2.41 bits per heavy atom. The molecule has 2 aromatic carbocycles. The fraction of sp³-hybridized carbons (Fsp3) is 0.316. The van der Waals surface area contributed by atoms with Crippen LogP contribution >= 0.6 is 0 Å². The standard InChI is InChI=1S/C19H21NO2/c1-15(20-10-12-22-13-11-20)17-8-5-9-18(14-17)19(21)16-6-3-2-4-7-16/h2-9,14-15H,10-13H2,1H3. The van der Waals surface area contributed by atoms with Crippen LogP contribution in [0.5, 0.6) is 0 Å². The van der Waals surface area contributed by atoms with Crippen LogP contribution in [-0.4, -0.2) is 37.0 Å². The Hall–Kier alpha value is -1.97. The van der Waals surface area contributed by atoms with Crippen molar-refractivity contribution < 1.29 is 9.53 Å². The lowest BCUT2D eigenvalue weighted by Crippen LogP contribution is -2.38. The molecule has 0 spiro atoms. The molecule has 1 heterocycles. The summed E-state index contributed by atoms with van der Waals surface area (Å²) in [5.41, 5.74) is 2.67. The Balaban J connectivity index is 1.81. The monoisotopic (exact) mass is 295 g/mol. The predicted octanol–water partition coefficient (Wildman–Crippen LogP) is 3.31. The van der Waals surface area contributed by atoms with E-state index in [0.717, 1.165) is 37.4 Å². The van der Waals surface area contributed by atoms with Crippen LogP contribution in [0.4, 0.5) is 0 Å². The van der Waals surface area contributed by atoms with Gasteiger partial charge in [0.2, 0.25) is 0 Å². The topological polar surface area (TPSA) is 29.5 Å². The lowest BCUT2D eigenvalue weighted by Gasteiger charge is -2.32. The summed E-state index contributed by atoms with van der Waals surface area (Å²) >= 11 is 0. The summed E-state index contributed by atoms with van der Waals surface area (Å²) in [7, 11) is 0. The van der Waals surface area contributed by atoms with Crippen molar-refractivity contribution in [2.24, 2.45) is 0 Å². The first-order chi connectivity index (χ1) is 10.8. The molecule has 1 atom stereocenters. The quantitative estimate of drug-likeness (QED) is 0.811. The van der Waals surface area contributed by atoms with Gasteiger partial charge in [0.1, 0.15) is 0 Å². The van der Waals surface area contributed by atoms with E-state index in [-0.39, 0.29) is 5.78 Å². The molecule has 0 radical (unpaired) electrons. The molecule has 0 amide bonds. The number of ether oxygens (including phenoxy) is 1. The number of hydrogen-bond acceptors (Lipinski definition) is 3. The van der Waals surface area contributed by atoms with Crippen molar-refractivity contribution in [2.75, 3.05) is 26.3 Å². The molecule has 0 saturated carbocycles. The van der Waals surface area contributed by atoms with Gasteiger partial charge >= 0.3 is 0 Å². The number of nitrogens with zero attached hydrogens (tertiary/aromatic N) is 1. The maximum absolute atomic E-state index is 12.6. The van der Waals surface area contributed by atoms with E-state index in [1.54, 1.807) is 0 Å². The molecule has 1 aliphatic heterocycles. The van der Waals surface area contributed by atoms with Gasteiger partial charge in [-0.2, -0.15) is 0 Å². The average Bonchev–Trinajstić information content (AvgIpc) is 2.62. The molecule has 1 fully saturated rings. The smallest absolute Gasteiger partial charge is 0.193 e. The van der Waals surface area contributed by atoms with E-state index < -0.39 is 0 Å². The first-order valence-corrected chi connectivity index (χ1v) is 7.77. The summed E-state index contributed by atoms with van der Waals surface area (Å²) in [6.07, 6.45) is 0. The molecule has 1 unspecified atom stereocenters. The number of morpholine rings is 1. The number of ketones is 1. The minimum atomic E-state index is 0.0802. The van der Waals surface area contributed by atoms with E-state index in [9.17, 15) is 4.79 Å². The summed E-state index contributed by atoms with van der Waals surface area (Å²) in [6, 6.07) is 17.7. The Bertz CT molecular complexity index is 633. The molecule has 3 heteroatoms. The highest BCUT2D eigenvalue weighted by Gasteiger charge is 2.19. The maximum atomic E-state index is 12.6. The predicted molar refractivity (Wildman–Crippen MR) is 87.1 cm³/mol. The van der Waals surface area contributed by atoms with Gasteiger partial charge in [-0.05, 0) is 18.6 Å². The Morgan fingerprint density at radius 2 is 1.68 bits per heavy atom. The van der Waals surface area contributed by atoms with Crippen molar-refractivity contribution in [1.82, 2.24) is 4.90 Å². The fourth-order valence-corrected chi connectivity index (χ4v) is 2.87. The zero-order valence-electron chi connectivity index (χ0n) is 12.9. The molecule has 3 rings (SSSR count). The molecular formula is C19H21NO2. The third kappa shape index (κ3) is 3.26. The lowest BCUT2D eigenvalue weighted by atomic mass is 9.98. The van der Waals surface area contributed by atoms with Crippen molar-refractivity contribution in [1.29, 1.82) is 0 Å². The second-order valence-electron chi connectivity index (χ2n) is 5.64. The van der Waals surface area contributed by atoms with Gasteiger partial charge in [0.15, 0.2) is 5.78 Å². The van der Waals surface area contributed by atoms with Crippen LogP contribution in [0.25, 0.3) is 0 Å². The van der Waals surface area contributed by atoms with E-state index in [0.29, 0.717) is 6.04 Å². The molecule has 1 saturated heterocycles. The highest BCUT2D eigenvalue weighted by atomic mass is 16.5. The summed E-state index contributed by atoms with van der Waals surface area (Å²) in [4.78, 5) is 15.0. The van der Waals surface area contributed by atoms with Crippen molar-refractivity contribution in [3.63, 3.8) is 0 Å². The molecule has 114 valence electrons. The molecule has 1 aliphatic rings. The fourth-order valence-electron chi connectivity index (χ4n) is 2.87. The third-order valence-corrected chi connectivity index (χ3v) is 4.26. The van der Waals surface area contributed by atoms with Gasteiger partial charge in [-0.25, -0.2) is 0 Å². The largest absolute Gasteiger partial charge is 0.379 e. The molecule has 3 nitrogen and oxygen atoms in total. The van der Waals surface area contributed by atoms with E-state index >= 15 is 0 Å². The van der Waals surface area contributed by atoms with Crippen LogP contribution in [0.2, 0.25) is 0 Å². The van der Waals surface area contributed by atoms with Crippen LogP contribution < -0.4 is 0 Å². The van der Waals surface area contributed by atoms with Gasteiger partial charge in [-0.1, -0.05) is 48.5 Å². The van der Waals surface area contributed by atoms with Gasteiger partial charge in [-0.3, -0.25) is 9.69 Å². The molecule has 22 heavy (non-hydrogen) atoms. The van der Waals surface area contributed by atoms with Gasteiger partial charge < -0.3 is 4.74 Å². The number of benzene rings is 2. The van der Waals surface area contributed by atoms with E-state index in [2.05, 4.69) is 17.9 Å². The first-order valence-electron chi connectivity index (χ1n) is 7.77. The number of carbonyl (C=O) groups is 1. The van der Waals surface area contributed by atoms with E-state index in [1.165, 1.54) is 5.56 Å². The van der Waals surface area contributed by atoms with Crippen LogP contribution in [0.3, 0.4) is 0 Å². The summed E-state index contributed by atoms with van der Waals surface area (Å²) in [6.45, 7) is 5.65. The summed E-state index contributed by atoms with van der Waals surface area (Å²) in [5, 5.41) is 0. The Kier molecular flexibility index (Phi) is 4.66. The molecule has 0 bridgehead atoms. The molecule has 2 aromatic rings. The summed E-state index contributed by atoms with van der Waals surface area (Å²) < 4.78 is 5.41. The van der Waals surface area contributed by atoms with Crippen molar-refractivity contribution in [3.05, 3.63) is 71.3 Å². The second-order valence-corrected chi connectivity index (χ2v) is 5.64. The Labute approximate surface area is 131 Å². The van der Waals surface area contributed by atoms with Gasteiger partial charge in [0, 0.05) is 30.3 Å². The van der Waals surface area contributed by atoms with Gasteiger partial charge in [0.25, 0.3) is 0 Å². The molecule has 0 N–H and O–H groups in total. The van der Waals surface area contributed by atoms with Gasteiger partial charge in [0.05, 0.1) is 13.2 Å². The summed E-state index contributed by atoms with van der Waals surface area (Å²) in [5.74, 6) is 0.0802. The minimum absolute atomic E-state index is 0.0802. The Morgan fingerprint density at radius 1 is 1.00 bits per heavy atom. The molecule has 0 aromatic heterocycles. The van der Waals surface area contributed by atoms with E-state index in [1.807, 2.05) is 48.5 Å². The van der Waals surface area contributed by atoms with Crippen molar-refractivity contribution in [2.45, 2.75) is 13.0 Å². The van der Waals surface area contributed by atoms with Crippen LogP contribution in [0.1, 0.15) is 34.5 Å². The maximum Gasteiger partial charge on any atom is 0.193 e. The number of hydrogen-bond donors (Lipinski definition) is 0. The second kappa shape index (κ2) is 6.86. The zero-order valence-corrected chi connectivity index (χ0v) is 12.9. The van der Waals surface area contributed by atoms with Crippen molar-refractivity contribution in [3.8, 4) is 0 Å². The van der Waals surface area contributed by atoms with Crippen LogP contribution in [0, 0.1) is 0 Å². The van der Waals surface area contributed by atoms with Gasteiger partial charge in [-0.15, -0.1) is 0 Å². The van der Waals surface area contributed by atoms with E-state index in [4.69, 9.17) is 4.74 Å². The highest BCUT2D eigenvalue weighted by Crippen LogP contribution is 2.23. The number of carbonyl (C=O) groups excluding carboxylic acids is 1. The first kappa shape index (κ1) is 14.9. The molecule has 0 aliphatic carbocycles. The number of rotatable bonds is 4. The highest BCUT2D eigenvalue weighted by molar-refractivity contribution is 6.09. The SMILES string of the molecule is CC(c1cccc(C(=O)c2ccccc2)c1)N1CCOCC1. The third-order valence-electron chi connectivity index (χ3n) is 4.26. The average molecular weight is 295 g/mol. The van der Waals surface area contributed by atoms with Crippen LogP contribution in [0.15, 0.2) is 54.6 Å².